The van der Waals surface area contributed by atoms with E-state index in [1.165, 1.54) is 12.8 Å². The third kappa shape index (κ3) is 3.68. The summed E-state index contributed by atoms with van der Waals surface area (Å²) >= 11 is 0. The number of carbonyl (C=O) groups is 1. The average molecular weight is 240 g/mol. The van der Waals surface area contributed by atoms with Gasteiger partial charge in [0.1, 0.15) is 0 Å². The van der Waals surface area contributed by atoms with Crippen LogP contribution in [-0.4, -0.2) is 49.2 Å². The van der Waals surface area contributed by atoms with Gasteiger partial charge in [-0.25, -0.2) is 0 Å². The van der Waals surface area contributed by atoms with E-state index in [1.807, 2.05) is 18.7 Å². The standard InChI is InChI=1S/C13H24N2O2/c1-10-8-15(9-11(2)17-10)13(16)6-12-4-3-5-14-7-12/h10-12,14H,3-9H2,1-2H3. The molecular weight excluding hydrogens is 216 g/mol. The fourth-order valence-corrected chi connectivity index (χ4v) is 2.86. The number of amides is 1. The highest BCUT2D eigenvalue weighted by Crippen LogP contribution is 2.18. The monoisotopic (exact) mass is 240 g/mol. The van der Waals surface area contributed by atoms with Crippen molar-refractivity contribution in [3.63, 3.8) is 0 Å². The van der Waals surface area contributed by atoms with Gasteiger partial charge in [-0.3, -0.25) is 4.79 Å². The predicted octanol–water partition coefficient (Wildman–Crippen LogP) is 1.01. The van der Waals surface area contributed by atoms with Crippen LogP contribution in [0.3, 0.4) is 0 Å². The molecule has 4 heteroatoms. The molecule has 1 N–H and O–H groups in total. The molecule has 98 valence electrons. The van der Waals surface area contributed by atoms with Crippen LogP contribution in [0.25, 0.3) is 0 Å². The van der Waals surface area contributed by atoms with E-state index in [1.54, 1.807) is 0 Å². The van der Waals surface area contributed by atoms with Crippen molar-refractivity contribution >= 4 is 5.91 Å². The number of carbonyl (C=O) groups excluding carboxylic acids is 1. The van der Waals surface area contributed by atoms with Crippen molar-refractivity contribution in [3.8, 4) is 0 Å². The van der Waals surface area contributed by atoms with Gasteiger partial charge < -0.3 is 15.0 Å². The molecular formula is C13H24N2O2. The van der Waals surface area contributed by atoms with Crippen LogP contribution < -0.4 is 5.32 Å². The quantitative estimate of drug-likeness (QED) is 0.783. The van der Waals surface area contributed by atoms with Crippen LogP contribution in [0.5, 0.6) is 0 Å². The lowest BCUT2D eigenvalue weighted by atomic mass is 9.95. The Labute approximate surface area is 104 Å². The van der Waals surface area contributed by atoms with E-state index in [4.69, 9.17) is 4.74 Å². The molecule has 0 aromatic heterocycles. The van der Waals surface area contributed by atoms with Gasteiger partial charge in [0.25, 0.3) is 0 Å². The summed E-state index contributed by atoms with van der Waals surface area (Å²) in [6.45, 7) is 7.69. The molecule has 2 saturated heterocycles. The van der Waals surface area contributed by atoms with E-state index in [-0.39, 0.29) is 12.2 Å². The zero-order valence-corrected chi connectivity index (χ0v) is 10.9. The zero-order chi connectivity index (χ0) is 12.3. The van der Waals surface area contributed by atoms with Gasteiger partial charge in [0.2, 0.25) is 5.91 Å². The summed E-state index contributed by atoms with van der Waals surface area (Å²) in [4.78, 5) is 14.2. The summed E-state index contributed by atoms with van der Waals surface area (Å²) in [7, 11) is 0. The summed E-state index contributed by atoms with van der Waals surface area (Å²) in [6.07, 6.45) is 3.44. The molecule has 0 aliphatic carbocycles. The van der Waals surface area contributed by atoms with Crippen molar-refractivity contribution < 1.29 is 9.53 Å². The first-order valence-electron chi connectivity index (χ1n) is 6.79. The molecule has 0 aromatic rings. The Morgan fingerprint density at radius 3 is 2.65 bits per heavy atom. The minimum Gasteiger partial charge on any atom is -0.372 e. The third-order valence-electron chi connectivity index (χ3n) is 3.63. The maximum atomic E-state index is 12.2. The minimum absolute atomic E-state index is 0.173. The first-order chi connectivity index (χ1) is 8.15. The lowest BCUT2D eigenvalue weighted by Crippen LogP contribution is -2.49. The van der Waals surface area contributed by atoms with Gasteiger partial charge >= 0.3 is 0 Å². The van der Waals surface area contributed by atoms with E-state index in [2.05, 4.69) is 5.32 Å². The van der Waals surface area contributed by atoms with Gasteiger partial charge in [0, 0.05) is 19.5 Å². The lowest BCUT2D eigenvalue weighted by molar-refractivity contribution is -0.144. The minimum atomic E-state index is 0.173. The number of nitrogens with one attached hydrogen (secondary N) is 1. The van der Waals surface area contributed by atoms with E-state index >= 15 is 0 Å². The smallest absolute Gasteiger partial charge is 0.223 e. The third-order valence-corrected chi connectivity index (χ3v) is 3.63. The summed E-state index contributed by atoms with van der Waals surface area (Å²) in [6, 6.07) is 0. The van der Waals surface area contributed by atoms with Crippen molar-refractivity contribution in [3.05, 3.63) is 0 Å². The normalized spacial score (nSPS) is 34.7. The first kappa shape index (κ1) is 12.8. The molecule has 4 nitrogen and oxygen atoms in total. The zero-order valence-electron chi connectivity index (χ0n) is 10.9. The van der Waals surface area contributed by atoms with Gasteiger partial charge in [-0.15, -0.1) is 0 Å². The summed E-state index contributed by atoms with van der Waals surface area (Å²) in [5.41, 5.74) is 0. The number of hydrogen-bond acceptors (Lipinski definition) is 3. The number of nitrogens with zero attached hydrogens (tertiary/aromatic N) is 1. The number of rotatable bonds is 2. The Hall–Kier alpha value is -0.610. The van der Waals surface area contributed by atoms with Crippen molar-refractivity contribution in [1.82, 2.24) is 10.2 Å². The van der Waals surface area contributed by atoms with E-state index in [0.717, 1.165) is 26.2 Å². The highest BCUT2D eigenvalue weighted by Gasteiger charge is 2.27. The van der Waals surface area contributed by atoms with E-state index in [9.17, 15) is 4.79 Å². The average Bonchev–Trinajstić information content (AvgIpc) is 2.29. The van der Waals surface area contributed by atoms with Crippen LogP contribution in [0.15, 0.2) is 0 Å². The summed E-state index contributed by atoms with van der Waals surface area (Å²) < 4.78 is 5.65. The molecule has 3 unspecified atom stereocenters. The molecule has 2 rings (SSSR count). The number of ether oxygens (including phenoxy) is 1. The van der Waals surface area contributed by atoms with Crippen LogP contribution in [0.1, 0.15) is 33.1 Å². The molecule has 2 aliphatic heterocycles. The van der Waals surface area contributed by atoms with E-state index < -0.39 is 0 Å². The second kappa shape index (κ2) is 5.83. The lowest BCUT2D eigenvalue weighted by Gasteiger charge is -2.36. The Bertz CT molecular complexity index is 254. The van der Waals surface area contributed by atoms with Crippen molar-refractivity contribution in [1.29, 1.82) is 0 Å². The molecule has 2 aliphatic rings. The van der Waals surface area contributed by atoms with E-state index in [0.29, 0.717) is 18.2 Å². The Morgan fingerprint density at radius 2 is 2.06 bits per heavy atom. The molecule has 0 radical (unpaired) electrons. The predicted molar refractivity (Wildman–Crippen MR) is 66.8 cm³/mol. The second-order valence-electron chi connectivity index (χ2n) is 5.47. The van der Waals surface area contributed by atoms with Crippen LogP contribution in [0, 0.1) is 5.92 Å². The Balaban J connectivity index is 1.81. The Morgan fingerprint density at radius 1 is 1.35 bits per heavy atom. The Kier molecular flexibility index (Phi) is 4.40. The van der Waals surface area contributed by atoms with Gasteiger partial charge in [-0.1, -0.05) is 0 Å². The second-order valence-corrected chi connectivity index (χ2v) is 5.47. The van der Waals surface area contributed by atoms with Crippen molar-refractivity contribution in [2.24, 2.45) is 5.92 Å². The molecule has 2 heterocycles. The maximum Gasteiger partial charge on any atom is 0.223 e. The van der Waals surface area contributed by atoms with Crippen LogP contribution in [0.4, 0.5) is 0 Å². The molecule has 0 bridgehead atoms. The molecule has 2 fully saturated rings. The first-order valence-corrected chi connectivity index (χ1v) is 6.79. The van der Waals surface area contributed by atoms with Gasteiger partial charge in [-0.2, -0.15) is 0 Å². The molecule has 3 atom stereocenters. The fraction of sp³-hybridized carbons (Fsp3) is 0.923. The van der Waals surface area contributed by atoms with Crippen LogP contribution in [-0.2, 0) is 9.53 Å². The maximum absolute atomic E-state index is 12.2. The topological polar surface area (TPSA) is 41.6 Å². The van der Waals surface area contributed by atoms with Crippen molar-refractivity contribution in [2.45, 2.75) is 45.3 Å². The van der Waals surface area contributed by atoms with Crippen LogP contribution in [0.2, 0.25) is 0 Å². The van der Waals surface area contributed by atoms with Gasteiger partial charge in [0.15, 0.2) is 0 Å². The largest absolute Gasteiger partial charge is 0.372 e. The molecule has 17 heavy (non-hydrogen) atoms. The van der Waals surface area contributed by atoms with Crippen LogP contribution >= 0.6 is 0 Å². The summed E-state index contributed by atoms with van der Waals surface area (Å²) in [5.74, 6) is 0.838. The number of hydrogen-bond donors (Lipinski definition) is 1. The number of morpholine rings is 1. The van der Waals surface area contributed by atoms with Gasteiger partial charge in [-0.05, 0) is 45.7 Å². The molecule has 0 saturated carbocycles. The fourth-order valence-electron chi connectivity index (χ4n) is 2.86. The number of piperidine rings is 1. The molecule has 1 amide bonds. The summed E-state index contributed by atoms with van der Waals surface area (Å²) in [5, 5.41) is 3.37. The highest BCUT2D eigenvalue weighted by molar-refractivity contribution is 5.76. The van der Waals surface area contributed by atoms with Crippen molar-refractivity contribution in [2.75, 3.05) is 26.2 Å². The molecule has 0 spiro atoms. The highest BCUT2D eigenvalue weighted by atomic mass is 16.5. The SMILES string of the molecule is CC1CN(C(=O)CC2CCCNC2)CC(C)O1. The van der Waals surface area contributed by atoms with Gasteiger partial charge in [0.05, 0.1) is 12.2 Å². The molecule has 0 aromatic carbocycles.